The number of nitrogens with one attached hydrogen (secondary N) is 1. The van der Waals surface area contributed by atoms with Crippen LogP contribution in [0.5, 0.6) is 5.75 Å². The van der Waals surface area contributed by atoms with Gasteiger partial charge in [-0.25, -0.2) is 4.79 Å². The first-order chi connectivity index (χ1) is 11.0. The number of carbonyl (C=O) groups is 1. The van der Waals surface area contributed by atoms with E-state index in [-0.39, 0.29) is 24.2 Å². The predicted octanol–water partition coefficient (Wildman–Crippen LogP) is 3.49. The molecule has 5 nitrogen and oxygen atoms in total. The van der Waals surface area contributed by atoms with Crippen LogP contribution in [0, 0.1) is 5.41 Å². The van der Waals surface area contributed by atoms with E-state index in [1.807, 2.05) is 43.0 Å². The zero-order chi connectivity index (χ0) is 16.9. The Kier molecular flexibility index (Phi) is 5.88. The molecule has 1 aliphatic rings. The van der Waals surface area contributed by atoms with Crippen molar-refractivity contribution in [3.05, 3.63) is 24.3 Å². The molecule has 1 fully saturated rings. The molecule has 0 saturated carbocycles. The number of amides is 2. The van der Waals surface area contributed by atoms with Crippen LogP contribution in [0.1, 0.15) is 40.0 Å². The van der Waals surface area contributed by atoms with Crippen molar-refractivity contribution in [2.24, 2.45) is 5.41 Å². The molecule has 5 heteroatoms. The van der Waals surface area contributed by atoms with Gasteiger partial charge in [-0.3, -0.25) is 0 Å². The number of hydrogen-bond acceptors (Lipinski definition) is 3. The van der Waals surface area contributed by atoms with E-state index in [1.54, 1.807) is 0 Å². The van der Waals surface area contributed by atoms with Gasteiger partial charge in [0.2, 0.25) is 0 Å². The average Bonchev–Trinajstić information content (AvgIpc) is 2.56. The van der Waals surface area contributed by atoms with Gasteiger partial charge in [-0.15, -0.1) is 0 Å². The van der Waals surface area contributed by atoms with Crippen LogP contribution in [0.2, 0.25) is 0 Å². The van der Waals surface area contributed by atoms with E-state index >= 15 is 0 Å². The lowest BCUT2D eigenvalue weighted by molar-refractivity contribution is 0.0542. The summed E-state index contributed by atoms with van der Waals surface area (Å²) < 4.78 is 5.74. The summed E-state index contributed by atoms with van der Waals surface area (Å²) in [7, 11) is 0. The molecule has 23 heavy (non-hydrogen) atoms. The van der Waals surface area contributed by atoms with Crippen molar-refractivity contribution in [2.75, 3.05) is 25.0 Å². The van der Waals surface area contributed by atoms with Gasteiger partial charge in [0.1, 0.15) is 5.75 Å². The van der Waals surface area contributed by atoms with Crippen molar-refractivity contribution in [1.29, 1.82) is 0 Å². The highest BCUT2D eigenvalue weighted by Gasteiger charge is 2.34. The van der Waals surface area contributed by atoms with E-state index in [9.17, 15) is 9.90 Å². The number of benzene rings is 1. The second kappa shape index (κ2) is 7.68. The Morgan fingerprint density at radius 2 is 2.00 bits per heavy atom. The molecule has 0 bridgehead atoms. The highest BCUT2D eigenvalue weighted by atomic mass is 16.5. The Balaban J connectivity index is 1.98. The molecule has 0 unspecified atom stereocenters. The molecule has 0 radical (unpaired) electrons. The number of piperidine rings is 1. The number of carbonyl (C=O) groups excluding carboxylic acids is 1. The van der Waals surface area contributed by atoms with Crippen molar-refractivity contribution in [1.82, 2.24) is 4.90 Å². The standard InChI is InChI=1S/C18H28N2O3/c1-4-18(13-21)9-11-20(12-10-18)17(22)19-15-7-5-6-8-16(15)23-14(2)3/h5-8,14,21H,4,9-13H2,1-3H3,(H,19,22). The SMILES string of the molecule is CCC1(CO)CCN(C(=O)Nc2ccccc2OC(C)C)CC1. The minimum atomic E-state index is -0.104. The monoisotopic (exact) mass is 320 g/mol. The normalized spacial score (nSPS) is 17.2. The van der Waals surface area contributed by atoms with Crippen LogP contribution in [-0.4, -0.2) is 41.8 Å². The molecule has 1 saturated heterocycles. The Morgan fingerprint density at radius 1 is 1.35 bits per heavy atom. The van der Waals surface area contributed by atoms with E-state index < -0.39 is 0 Å². The van der Waals surface area contributed by atoms with E-state index in [0.29, 0.717) is 24.5 Å². The van der Waals surface area contributed by atoms with Crippen molar-refractivity contribution in [2.45, 2.75) is 46.1 Å². The van der Waals surface area contributed by atoms with Crippen molar-refractivity contribution >= 4 is 11.7 Å². The summed E-state index contributed by atoms with van der Waals surface area (Å²) in [6, 6.07) is 7.38. The summed E-state index contributed by atoms with van der Waals surface area (Å²) in [5.74, 6) is 0.686. The lowest BCUT2D eigenvalue weighted by Crippen LogP contribution is -2.46. The predicted molar refractivity (Wildman–Crippen MR) is 91.8 cm³/mol. The minimum Gasteiger partial charge on any atom is -0.489 e. The van der Waals surface area contributed by atoms with Gasteiger partial charge >= 0.3 is 6.03 Å². The number of nitrogens with zero attached hydrogens (tertiary/aromatic N) is 1. The Hall–Kier alpha value is -1.75. The van der Waals surface area contributed by atoms with E-state index in [0.717, 1.165) is 19.3 Å². The fourth-order valence-corrected chi connectivity index (χ4v) is 2.93. The van der Waals surface area contributed by atoms with Gasteiger partial charge in [0.05, 0.1) is 11.8 Å². The number of likely N-dealkylation sites (tertiary alicyclic amines) is 1. The largest absolute Gasteiger partial charge is 0.489 e. The Morgan fingerprint density at radius 3 is 2.57 bits per heavy atom. The summed E-state index contributed by atoms with van der Waals surface area (Å²) in [6.07, 6.45) is 2.69. The maximum absolute atomic E-state index is 12.5. The highest BCUT2D eigenvalue weighted by molar-refractivity contribution is 5.91. The Bertz CT molecular complexity index is 517. The molecule has 2 rings (SSSR count). The number of aliphatic hydroxyl groups is 1. The third-order valence-electron chi connectivity index (χ3n) is 4.69. The molecule has 2 N–H and O–H groups in total. The molecule has 0 spiro atoms. The lowest BCUT2D eigenvalue weighted by atomic mass is 9.77. The van der Waals surface area contributed by atoms with Crippen molar-refractivity contribution < 1.29 is 14.6 Å². The van der Waals surface area contributed by atoms with Crippen LogP contribution >= 0.6 is 0 Å². The second-order valence-corrected chi connectivity index (χ2v) is 6.59. The fourth-order valence-electron chi connectivity index (χ4n) is 2.93. The smallest absolute Gasteiger partial charge is 0.321 e. The molecule has 0 atom stereocenters. The van der Waals surface area contributed by atoms with E-state index in [1.165, 1.54) is 0 Å². The number of ether oxygens (including phenoxy) is 1. The third kappa shape index (κ3) is 4.38. The quantitative estimate of drug-likeness (QED) is 0.873. The molecule has 1 aromatic rings. The lowest BCUT2D eigenvalue weighted by Gasteiger charge is -2.40. The molecule has 128 valence electrons. The van der Waals surface area contributed by atoms with E-state index in [2.05, 4.69) is 12.2 Å². The maximum atomic E-state index is 12.5. The van der Waals surface area contributed by atoms with Gasteiger partial charge in [-0.05, 0) is 50.7 Å². The van der Waals surface area contributed by atoms with Gasteiger partial charge < -0.3 is 20.1 Å². The van der Waals surface area contributed by atoms with Crippen molar-refractivity contribution in [3.63, 3.8) is 0 Å². The molecule has 1 aromatic carbocycles. The molecule has 1 heterocycles. The number of rotatable bonds is 5. The van der Waals surface area contributed by atoms with Crippen LogP contribution in [0.25, 0.3) is 0 Å². The van der Waals surface area contributed by atoms with Gasteiger partial charge in [-0.1, -0.05) is 19.1 Å². The molecule has 2 amide bonds. The third-order valence-corrected chi connectivity index (χ3v) is 4.69. The molecular weight excluding hydrogens is 292 g/mol. The summed E-state index contributed by atoms with van der Waals surface area (Å²) in [5.41, 5.74) is 0.677. The molecule has 0 aliphatic carbocycles. The van der Waals surface area contributed by atoms with Crippen LogP contribution in [0.3, 0.4) is 0 Å². The second-order valence-electron chi connectivity index (χ2n) is 6.59. The maximum Gasteiger partial charge on any atom is 0.321 e. The zero-order valence-corrected chi connectivity index (χ0v) is 14.3. The summed E-state index contributed by atoms with van der Waals surface area (Å²) in [4.78, 5) is 14.3. The number of hydrogen-bond donors (Lipinski definition) is 2. The van der Waals surface area contributed by atoms with Gasteiger partial charge in [0, 0.05) is 19.7 Å². The fraction of sp³-hybridized carbons (Fsp3) is 0.611. The van der Waals surface area contributed by atoms with Crippen LogP contribution in [-0.2, 0) is 0 Å². The van der Waals surface area contributed by atoms with E-state index in [4.69, 9.17) is 4.74 Å². The highest BCUT2D eigenvalue weighted by Crippen LogP contribution is 2.34. The van der Waals surface area contributed by atoms with Crippen LogP contribution in [0.4, 0.5) is 10.5 Å². The topological polar surface area (TPSA) is 61.8 Å². The zero-order valence-electron chi connectivity index (χ0n) is 14.3. The van der Waals surface area contributed by atoms with Gasteiger partial charge in [0.15, 0.2) is 0 Å². The number of aliphatic hydroxyl groups excluding tert-OH is 1. The van der Waals surface area contributed by atoms with Crippen LogP contribution < -0.4 is 10.1 Å². The number of urea groups is 1. The summed E-state index contributed by atoms with van der Waals surface area (Å²) in [6.45, 7) is 7.57. The van der Waals surface area contributed by atoms with Crippen LogP contribution in [0.15, 0.2) is 24.3 Å². The minimum absolute atomic E-state index is 0.0184. The average molecular weight is 320 g/mol. The van der Waals surface area contributed by atoms with Crippen molar-refractivity contribution in [3.8, 4) is 5.75 Å². The number of para-hydroxylation sites is 2. The first kappa shape index (κ1) is 17.6. The first-order valence-corrected chi connectivity index (χ1v) is 8.42. The summed E-state index contributed by atoms with van der Waals surface area (Å²) >= 11 is 0. The summed E-state index contributed by atoms with van der Waals surface area (Å²) in [5, 5.41) is 12.5. The van der Waals surface area contributed by atoms with Gasteiger partial charge in [0.25, 0.3) is 0 Å². The molecular formula is C18H28N2O3. The van der Waals surface area contributed by atoms with Gasteiger partial charge in [-0.2, -0.15) is 0 Å². The first-order valence-electron chi connectivity index (χ1n) is 8.42. The molecule has 0 aromatic heterocycles. The molecule has 1 aliphatic heterocycles. The number of anilines is 1. The Labute approximate surface area is 138 Å².